The second-order valence-corrected chi connectivity index (χ2v) is 5.27. The van der Waals surface area contributed by atoms with Crippen LogP contribution in [-0.4, -0.2) is 16.6 Å². The fourth-order valence-electron chi connectivity index (χ4n) is 2.30. The Bertz CT molecular complexity index is 781. The molecule has 0 saturated heterocycles. The molecule has 3 nitrogen and oxygen atoms in total. The van der Waals surface area contributed by atoms with Crippen LogP contribution >= 0.6 is 0 Å². The molecule has 25 heavy (non-hydrogen) atoms. The smallest absolute Gasteiger partial charge is 0.507 e. The maximum Gasteiger partial charge on any atom is 0.573 e. The standard InChI is InChI=1S/C16H12F6O3/c1-8-11(15(17,18)19)4-3-10(14(8)24)6-9-2-5-12(23)13(7-9)25-16(20,21)22/h2-5,7,23-24H,6H2,1H3. The molecule has 0 atom stereocenters. The minimum absolute atomic E-state index is 0.0918. The lowest BCUT2D eigenvalue weighted by Gasteiger charge is -2.15. The van der Waals surface area contributed by atoms with E-state index < -0.39 is 35.4 Å². The van der Waals surface area contributed by atoms with E-state index in [9.17, 15) is 36.6 Å². The number of phenolic OH excluding ortho intramolecular Hbond substituents is 2. The highest BCUT2D eigenvalue weighted by atomic mass is 19.4. The zero-order chi connectivity index (χ0) is 19.0. The summed E-state index contributed by atoms with van der Waals surface area (Å²) in [5, 5.41) is 19.3. The summed E-state index contributed by atoms with van der Waals surface area (Å²) in [6.07, 6.45) is -9.80. The van der Waals surface area contributed by atoms with Crippen LogP contribution in [0, 0.1) is 6.92 Å². The predicted molar refractivity (Wildman–Crippen MR) is 75.4 cm³/mol. The van der Waals surface area contributed by atoms with Gasteiger partial charge in [-0.3, -0.25) is 0 Å². The number of alkyl halides is 6. The lowest BCUT2D eigenvalue weighted by molar-refractivity contribution is -0.275. The predicted octanol–water partition coefficient (Wildman–Crippen LogP) is 4.91. The summed E-state index contributed by atoms with van der Waals surface area (Å²) in [4.78, 5) is 0. The highest BCUT2D eigenvalue weighted by molar-refractivity contribution is 5.49. The maximum atomic E-state index is 12.8. The van der Waals surface area contributed by atoms with Gasteiger partial charge in [0.1, 0.15) is 5.75 Å². The Morgan fingerprint density at radius 2 is 1.60 bits per heavy atom. The molecule has 0 bridgehead atoms. The van der Waals surface area contributed by atoms with Crippen LogP contribution in [0.15, 0.2) is 30.3 Å². The average molecular weight is 366 g/mol. The molecule has 0 amide bonds. The maximum absolute atomic E-state index is 12.8. The summed E-state index contributed by atoms with van der Waals surface area (Å²) in [5.74, 6) is -2.18. The van der Waals surface area contributed by atoms with Gasteiger partial charge in [-0.1, -0.05) is 12.1 Å². The van der Waals surface area contributed by atoms with E-state index in [0.717, 1.165) is 31.2 Å². The first-order chi connectivity index (χ1) is 11.4. The number of benzene rings is 2. The second-order valence-electron chi connectivity index (χ2n) is 5.27. The number of hydrogen-bond acceptors (Lipinski definition) is 3. The monoisotopic (exact) mass is 366 g/mol. The Hall–Kier alpha value is -2.58. The van der Waals surface area contributed by atoms with E-state index >= 15 is 0 Å². The fourth-order valence-corrected chi connectivity index (χ4v) is 2.30. The molecular weight excluding hydrogens is 354 g/mol. The summed E-state index contributed by atoms with van der Waals surface area (Å²) >= 11 is 0. The summed E-state index contributed by atoms with van der Waals surface area (Å²) in [7, 11) is 0. The number of ether oxygens (including phenoxy) is 1. The van der Waals surface area contributed by atoms with Gasteiger partial charge in [0, 0.05) is 12.0 Å². The Kier molecular flexibility index (Phi) is 4.79. The van der Waals surface area contributed by atoms with E-state index in [1.807, 2.05) is 0 Å². The molecular formula is C16H12F6O3. The lowest BCUT2D eigenvalue weighted by atomic mass is 9.98. The molecule has 0 fully saturated rings. The Morgan fingerprint density at radius 1 is 0.960 bits per heavy atom. The largest absolute Gasteiger partial charge is 0.573 e. The summed E-state index contributed by atoms with van der Waals surface area (Å²) in [5.41, 5.74) is -1.09. The molecule has 2 N–H and O–H groups in total. The molecule has 0 unspecified atom stereocenters. The number of aromatic hydroxyl groups is 2. The molecule has 0 saturated carbocycles. The van der Waals surface area contributed by atoms with Gasteiger partial charge < -0.3 is 14.9 Å². The van der Waals surface area contributed by atoms with E-state index in [1.54, 1.807) is 0 Å². The van der Waals surface area contributed by atoms with Gasteiger partial charge >= 0.3 is 12.5 Å². The molecule has 9 heteroatoms. The van der Waals surface area contributed by atoms with Crippen molar-refractivity contribution in [2.24, 2.45) is 0 Å². The van der Waals surface area contributed by atoms with E-state index in [1.165, 1.54) is 6.07 Å². The van der Waals surface area contributed by atoms with Gasteiger partial charge in [-0.25, -0.2) is 0 Å². The molecule has 0 radical (unpaired) electrons. The molecule has 136 valence electrons. The van der Waals surface area contributed by atoms with Gasteiger partial charge in [-0.15, -0.1) is 13.2 Å². The molecule has 0 aliphatic heterocycles. The van der Waals surface area contributed by atoms with Crippen LogP contribution in [0.2, 0.25) is 0 Å². The number of rotatable bonds is 3. The minimum Gasteiger partial charge on any atom is -0.507 e. The van der Waals surface area contributed by atoms with E-state index in [0.29, 0.717) is 0 Å². The van der Waals surface area contributed by atoms with Crippen molar-refractivity contribution >= 4 is 0 Å². The third-order valence-corrected chi connectivity index (χ3v) is 3.46. The summed E-state index contributed by atoms with van der Waals surface area (Å²) in [6, 6.07) is 4.96. The van der Waals surface area contributed by atoms with Crippen LogP contribution in [0.4, 0.5) is 26.3 Å². The van der Waals surface area contributed by atoms with E-state index in [4.69, 9.17) is 0 Å². The minimum atomic E-state index is -5.01. The Balaban J connectivity index is 2.35. The van der Waals surface area contributed by atoms with Crippen molar-refractivity contribution in [3.8, 4) is 17.2 Å². The first-order valence-electron chi connectivity index (χ1n) is 6.85. The summed E-state index contributed by atoms with van der Waals surface area (Å²) < 4.78 is 78.8. The van der Waals surface area contributed by atoms with Crippen LogP contribution in [0.5, 0.6) is 17.2 Å². The van der Waals surface area contributed by atoms with Crippen LogP contribution < -0.4 is 4.74 Å². The van der Waals surface area contributed by atoms with Gasteiger partial charge in [-0.05, 0) is 36.2 Å². The first kappa shape index (κ1) is 18.8. The van der Waals surface area contributed by atoms with Gasteiger partial charge in [0.05, 0.1) is 5.56 Å². The van der Waals surface area contributed by atoms with Crippen LogP contribution in [0.3, 0.4) is 0 Å². The zero-order valence-corrected chi connectivity index (χ0v) is 12.7. The lowest BCUT2D eigenvalue weighted by Crippen LogP contribution is -2.17. The molecule has 0 heterocycles. The van der Waals surface area contributed by atoms with Crippen molar-refractivity contribution in [3.63, 3.8) is 0 Å². The van der Waals surface area contributed by atoms with Gasteiger partial charge in [0.25, 0.3) is 0 Å². The highest BCUT2D eigenvalue weighted by Crippen LogP contribution is 2.38. The quantitative estimate of drug-likeness (QED) is 0.759. The SMILES string of the molecule is Cc1c(C(F)(F)F)ccc(Cc2ccc(O)c(OC(F)(F)F)c2)c1O. The third-order valence-electron chi connectivity index (χ3n) is 3.46. The zero-order valence-electron chi connectivity index (χ0n) is 12.7. The molecule has 0 spiro atoms. The number of hydrogen-bond donors (Lipinski definition) is 2. The summed E-state index contributed by atoms with van der Waals surface area (Å²) in [6.45, 7) is 1.09. The number of halogens is 6. The van der Waals surface area contributed by atoms with Gasteiger partial charge in [0.2, 0.25) is 0 Å². The molecule has 0 aliphatic carbocycles. The fraction of sp³-hybridized carbons (Fsp3) is 0.250. The molecule has 2 aromatic carbocycles. The third kappa shape index (κ3) is 4.49. The molecule has 0 aliphatic rings. The van der Waals surface area contributed by atoms with Crippen molar-refractivity contribution in [1.82, 2.24) is 0 Å². The normalized spacial score (nSPS) is 12.3. The molecule has 2 aromatic rings. The van der Waals surface area contributed by atoms with Crippen molar-refractivity contribution in [2.45, 2.75) is 25.9 Å². The number of phenols is 2. The average Bonchev–Trinajstić information content (AvgIpc) is 2.44. The van der Waals surface area contributed by atoms with Crippen molar-refractivity contribution < 1.29 is 41.3 Å². The Morgan fingerprint density at radius 3 is 2.16 bits per heavy atom. The van der Waals surface area contributed by atoms with Crippen molar-refractivity contribution in [1.29, 1.82) is 0 Å². The van der Waals surface area contributed by atoms with Crippen LogP contribution in [-0.2, 0) is 12.6 Å². The van der Waals surface area contributed by atoms with E-state index in [2.05, 4.69) is 4.74 Å². The van der Waals surface area contributed by atoms with Gasteiger partial charge in [-0.2, -0.15) is 13.2 Å². The van der Waals surface area contributed by atoms with E-state index in [-0.39, 0.29) is 23.1 Å². The Labute approximate surface area is 138 Å². The van der Waals surface area contributed by atoms with Crippen LogP contribution in [0.25, 0.3) is 0 Å². The topological polar surface area (TPSA) is 49.7 Å². The van der Waals surface area contributed by atoms with Crippen molar-refractivity contribution in [3.05, 3.63) is 52.6 Å². The molecule has 2 rings (SSSR count). The van der Waals surface area contributed by atoms with Gasteiger partial charge in [0.15, 0.2) is 11.5 Å². The van der Waals surface area contributed by atoms with Crippen molar-refractivity contribution in [2.75, 3.05) is 0 Å². The first-order valence-corrected chi connectivity index (χ1v) is 6.85. The second kappa shape index (κ2) is 6.38. The van der Waals surface area contributed by atoms with Crippen LogP contribution in [0.1, 0.15) is 22.3 Å². The molecule has 0 aromatic heterocycles. The highest BCUT2D eigenvalue weighted by Gasteiger charge is 2.34.